The summed E-state index contributed by atoms with van der Waals surface area (Å²) in [6.07, 6.45) is 5.96. The average Bonchev–Trinajstić information content (AvgIpc) is 2.57. The first-order chi connectivity index (χ1) is 10.3. The summed E-state index contributed by atoms with van der Waals surface area (Å²) >= 11 is 0. The number of anilines is 2. The molecule has 0 fully saturated rings. The molecule has 0 spiro atoms. The Kier molecular flexibility index (Phi) is 3.69. The fraction of sp³-hybridized carbons (Fsp3) is 0. The summed E-state index contributed by atoms with van der Waals surface area (Å²) in [6, 6.07) is 15.5. The van der Waals surface area contributed by atoms with Gasteiger partial charge in [0, 0.05) is 18.1 Å². The van der Waals surface area contributed by atoms with Crippen molar-refractivity contribution in [3.8, 4) is 11.1 Å². The van der Waals surface area contributed by atoms with Crippen molar-refractivity contribution in [2.75, 3.05) is 5.32 Å². The molecule has 0 amide bonds. The van der Waals surface area contributed by atoms with E-state index in [1.807, 2.05) is 48.7 Å². The monoisotopic (exact) mass is 275 g/mol. The third-order valence-electron chi connectivity index (χ3n) is 3.08. The summed E-state index contributed by atoms with van der Waals surface area (Å²) in [4.78, 5) is 18.7. The van der Waals surface area contributed by atoms with E-state index in [2.05, 4.69) is 15.3 Å². The van der Waals surface area contributed by atoms with Crippen LogP contribution in [0.3, 0.4) is 0 Å². The van der Waals surface area contributed by atoms with Crippen molar-refractivity contribution >= 4 is 17.7 Å². The third-order valence-corrected chi connectivity index (χ3v) is 3.08. The van der Waals surface area contributed by atoms with Gasteiger partial charge in [0.25, 0.3) is 0 Å². The highest BCUT2D eigenvalue weighted by Crippen LogP contribution is 2.22. The zero-order chi connectivity index (χ0) is 14.5. The summed E-state index contributed by atoms with van der Waals surface area (Å²) in [5.74, 6) is 0. The number of carbonyl (C=O) groups is 1. The predicted octanol–water partition coefficient (Wildman–Crippen LogP) is 3.70. The molecule has 0 radical (unpaired) electrons. The van der Waals surface area contributed by atoms with E-state index in [4.69, 9.17) is 0 Å². The van der Waals surface area contributed by atoms with Crippen LogP contribution < -0.4 is 5.32 Å². The number of pyridine rings is 2. The maximum atomic E-state index is 10.6. The molecule has 4 nitrogen and oxygen atoms in total. The lowest BCUT2D eigenvalue weighted by Crippen LogP contribution is -1.93. The second-order valence-corrected chi connectivity index (χ2v) is 4.53. The maximum Gasteiger partial charge on any atom is 0.168 e. The van der Waals surface area contributed by atoms with E-state index in [0.717, 1.165) is 28.8 Å². The van der Waals surface area contributed by atoms with E-state index in [0.29, 0.717) is 5.69 Å². The van der Waals surface area contributed by atoms with Gasteiger partial charge < -0.3 is 5.32 Å². The Labute approximate surface area is 122 Å². The van der Waals surface area contributed by atoms with Crippen LogP contribution in [0.2, 0.25) is 0 Å². The molecule has 0 aliphatic carbocycles. The van der Waals surface area contributed by atoms with Crippen molar-refractivity contribution in [2.45, 2.75) is 0 Å². The number of hydrogen-bond donors (Lipinski definition) is 1. The molecular formula is C17H13N3O. The maximum absolute atomic E-state index is 10.6. The van der Waals surface area contributed by atoms with Gasteiger partial charge in [-0.15, -0.1) is 0 Å². The quantitative estimate of drug-likeness (QED) is 0.738. The second-order valence-electron chi connectivity index (χ2n) is 4.53. The number of aldehydes is 1. The largest absolute Gasteiger partial charge is 0.354 e. The first-order valence-electron chi connectivity index (χ1n) is 6.54. The number of benzene rings is 1. The van der Waals surface area contributed by atoms with Crippen LogP contribution in [0, 0.1) is 0 Å². The summed E-state index contributed by atoms with van der Waals surface area (Å²) in [7, 11) is 0. The van der Waals surface area contributed by atoms with Gasteiger partial charge in [0.05, 0.1) is 11.9 Å². The molecule has 3 aromatic rings. The molecule has 0 atom stereocenters. The number of aromatic nitrogens is 2. The smallest absolute Gasteiger partial charge is 0.168 e. The summed E-state index contributed by atoms with van der Waals surface area (Å²) in [5.41, 5.74) is 4.43. The van der Waals surface area contributed by atoms with Gasteiger partial charge >= 0.3 is 0 Å². The van der Waals surface area contributed by atoms with E-state index >= 15 is 0 Å². The van der Waals surface area contributed by atoms with Gasteiger partial charge in [-0.25, -0.2) is 0 Å². The topological polar surface area (TPSA) is 54.9 Å². The van der Waals surface area contributed by atoms with E-state index in [1.165, 1.54) is 0 Å². The van der Waals surface area contributed by atoms with Crippen molar-refractivity contribution in [3.05, 3.63) is 72.8 Å². The lowest BCUT2D eigenvalue weighted by molar-refractivity contribution is 0.111. The van der Waals surface area contributed by atoms with Crippen LogP contribution in [-0.2, 0) is 0 Å². The number of nitrogens with zero attached hydrogens (tertiary/aromatic N) is 2. The number of carbonyl (C=O) groups excluding carboxylic acids is 1. The Hall–Kier alpha value is -3.01. The Balaban J connectivity index is 1.76. The molecule has 102 valence electrons. The van der Waals surface area contributed by atoms with Gasteiger partial charge in [-0.1, -0.05) is 18.2 Å². The molecular weight excluding hydrogens is 262 g/mol. The van der Waals surface area contributed by atoms with Gasteiger partial charge in [-0.05, 0) is 41.5 Å². The van der Waals surface area contributed by atoms with Crippen molar-refractivity contribution in [3.63, 3.8) is 0 Å². The molecule has 21 heavy (non-hydrogen) atoms. The number of hydrogen-bond acceptors (Lipinski definition) is 4. The van der Waals surface area contributed by atoms with Gasteiger partial charge in [-0.3, -0.25) is 14.8 Å². The SMILES string of the molecule is O=Cc1ccc(Nc2ccc(-c3cccnc3)cc2)cn1. The lowest BCUT2D eigenvalue weighted by Gasteiger charge is -2.07. The minimum absolute atomic E-state index is 0.424. The first-order valence-corrected chi connectivity index (χ1v) is 6.54. The normalized spacial score (nSPS) is 10.1. The first kappa shape index (κ1) is 13.0. The standard InChI is InChI=1S/C17H13N3O/c21-12-17-8-7-16(11-19-17)20-15-5-3-13(4-6-15)14-2-1-9-18-10-14/h1-12,20H. The highest BCUT2D eigenvalue weighted by Gasteiger charge is 1.99. The molecule has 0 bridgehead atoms. The fourth-order valence-electron chi connectivity index (χ4n) is 2.00. The molecule has 0 aliphatic rings. The minimum Gasteiger partial charge on any atom is -0.354 e. The van der Waals surface area contributed by atoms with Crippen LogP contribution in [-0.4, -0.2) is 16.3 Å². The van der Waals surface area contributed by atoms with Gasteiger partial charge in [-0.2, -0.15) is 0 Å². The van der Waals surface area contributed by atoms with Crippen molar-refractivity contribution in [1.29, 1.82) is 0 Å². The second kappa shape index (κ2) is 5.96. The molecule has 0 aliphatic heterocycles. The van der Waals surface area contributed by atoms with Crippen molar-refractivity contribution < 1.29 is 4.79 Å². The van der Waals surface area contributed by atoms with Crippen LogP contribution in [0.5, 0.6) is 0 Å². The van der Waals surface area contributed by atoms with Crippen molar-refractivity contribution in [1.82, 2.24) is 9.97 Å². The average molecular weight is 275 g/mol. The van der Waals surface area contributed by atoms with E-state index in [-0.39, 0.29) is 0 Å². The van der Waals surface area contributed by atoms with Crippen LogP contribution >= 0.6 is 0 Å². The molecule has 2 aromatic heterocycles. The molecule has 0 saturated heterocycles. The summed E-state index contributed by atoms with van der Waals surface area (Å²) in [5, 5.41) is 3.24. The summed E-state index contributed by atoms with van der Waals surface area (Å²) in [6.45, 7) is 0. The lowest BCUT2D eigenvalue weighted by atomic mass is 10.1. The zero-order valence-electron chi connectivity index (χ0n) is 11.2. The van der Waals surface area contributed by atoms with Crippen molar-refractivity contribution in [2.24, 2.45) is 0 Å². The fourth-order valence-corrected chi connectivity index (χ4v) is 2.00. The minimum atomic E-state index is 0.424. The Bertz CT molecular complexity index is 722. The molecule has 4 heteroatoms. The zero-order valence-corrected chi connectivity index (χ0v) is 11.2. The predicted molar refractivity (Wildman–Crippen MR) is 82.6 cm³/mol. The molecule has 1 N–H and O–H groups in total. The van der Waals surface area contributed by atoms with Crippen LogP contribution in [0.15, 0.2) is 67.1 Å². The summed E-state index contributed by atoms with van der Waals surface area (Å²) < 4.78 is 0. The van der Waals surface area contributed by atoms with E-state index in [1.54, 1.807) is 18.5 Å². The Morgan fingerprint density at radius 1 is 0.857 bits per heavy atom. The molecule has 0 saturated carbocycles. The van der Waals surface area contributed by atoms with Gasteiger partial charge in [0.15, 0.2) is 6.29 Å². The van der Waals surface area contributed by atoms with Gasteiger partial charge in [0.1, 0.15) is 5.69 Å². The van der Waals surface area contributed by atoms with Crippen LogP contribution in [0.25, 0.3) is 11.1 Å². The molecule has 3 rings (SSSR count). The van der Waals surface area contributed by atoms with Gasteiger partial charge in [0.2, 0.25) is 0 Å². The molecule has 1 aromatic carbocycles. The highest BCUT2D eigenvalue weighted by atomic mass is 16.1. The third kappa shape index (κ3) is 3.12. The van der Waals surface area contributed by atoms with E-state index < -0.39 is 0 Å². The Morgan fingerprint density at radius 3 is 2.29 bits per heavy atom. The van der Waals surface area contributed by atoms with E-state index in [9.17, 15) is 4.79 Å². The van der Waals surface area contributed by atoms with Crippen LogP contribution in [0.4, 0.5) is 11.4 Å². The van der Waals surface area contributed by atoms with Crippen LogP contribution in [0.1, 0.15) is 10.5 Å². The number of nitrogens with one attached hydrogen (secondary N) is 1. The Morgan fingerprint density at radius 2 is 1.67 bits per heavy atom. The molecule has 2 heterocycles. The number of rotatable bonds is 4. The highest BCUT2D eigenvalue weighted by molar-refractivity contribution is 5.73. The molecule has 0 unspecified atom stereocenters.